The third kappa shape index (κ3) is 4.42. The van der Waals surface area contributed by atoms with E-state index in [0.29, 0.717) is 21.6 Å². The SMILES string of the molecule is CCc1ccc(-c2cc(C(F)(F)F)n3nc(C(=O)NCc4nn(CC)cc4Br)cc3n2)s1. The molecule has 1 N–H and O–H groups in total. The van der Waals surface area contributed by atoms with E-state index in [1.165, 1.54) is 17.4 Å². The highest BCUT2D eigenvalue weighted by Gasteiger charge is 2.35. The second-order valence-electron chi connectivity index (χ2n) is 6.91. The highest BCUT2D eigenvalue weighted by molar-refractivity contribution is 9.10. The van der Waals surface area contributed by atoms with Crippen molar-refractivity contribution in [2.75, 3.05) is 0 Å². The van der Waals surface area contributed by atoms with Gasteiger partial charge in [-0.1, -0.05) is 6.92 Å². The average Bonchev–Trinajstić information content (AvgIpc) is 3.48. The minimum Gasteiger partial charge on any atom is -0.345 e. The number of hydrogen-bond donors (Lipinski definition) is 1. The maximum absolute atomic E-state index is 13.7. The van der Waals surface area contributed by atoms with Crippen molar-refractivity contribution < 1.29 is 18.0 Å². The van der Waals surface area contributed by atoms with Gasteiger partial charge in [0.05, 0.1) is 27.3 Å². The van der Waals surface area contributed by atoms with Gasteiger partial charge in [-0.15, -0.1) is 11.3 Å². The van der Waals surface area contributed by atoms with E-state index in [1.807, 2.05) is 19.9 Å². The normalized spacial score (nSPS) is 11.9. The highest BCUT2D eigenvalue weighted by Crippen LogP contribution is 2.34. The molecule has 0 saturated heterocycles. The number of rotatable bonds is 6. The lowest BCUT2D eigenvalue weighted by molar-refractivity contribution is -0.142. The van der Waals surface area contributed by atoms with Crippen LogP contribution in [0.3, 0.4) is 0 Å². The lowest BCUT2D eigenvalue weighted by Gasteiger charge is -2.10. The summed E-state index contributed by atoms with van der Waals surface area (Å²) < 4.78 is 44.3. The molecule has 0 aliphatic carbocycles. The van der Waals surface area contributed by atoms with Gasteiger partial charge in [0.15, 0.2) is 17.0 Å². The fourth-order valence-corrected chi connectivity index (χ4v) is 4.46. The number of nitrogens with zero attached hydrogens (tertiary/aromatic N) is 5. The van der Waals surface area contributed by atoms with E-state index in [2.05, 4.69) is 36.4 Å². The Kier molecular flexibility index (Phi) is 6.08. The van der Waals surface area contributed by atoms with E-state index in [9.17, 15) is 18.0 Å². The van der Waals surface area contributed by atoms with Gasteiger partial charge in [-0.2, -0.15) is 23.4 Å². The Bertz CT molecular complexity index is 1290. The molecule has 32 heavy (non-hydrogen) atoms. The van der Waals surface area contributed by atoms with Crippen LogP contribution in [0.1, 0.15) is 40.6 Å². The van der Waals surface area contributed by atoms with Crippen LogP contribution in [0.4, 0.5) is 13.2 Å². The lowest BCUT2D eigenvalue weighted by Crippen LogP contribution is -2.24. The molecule has 4 rings (SSSR count). The molecule has 0 radical (unpaired) electrons. The van der Waals surface area contributed by atoms with Gasteiger partial charge in [-0.25, -0.2) is 9.50 Å². The van der Waals surface area contributed by atoms with Crippen molar-refractivity contribution in [2.24, 2.45) is 0 Å². The first kappa shape index (κ1) is 22.5. The first-order valence-electron chi connectivity index (χ1n) is 9.76. The second kappa shape index (κ2) is 8.66. The molecular weight excluding hydrogens is 509 g/mol. The first-order chi connectivity index (χ1) is 15.2. The topological polar surface area (TPSA) is 77.1 Å². The Hall–Kier alpha value is -2.73. The monoisotopic (exact) mass is 526 g/mol. The fourth-order valence-electron chi connectivity index (χ4n) is 3.09. The van der Waals surface area contributed by atoms with Gasteiger partial charge >= 0.3 is 6.18 Å². The summed E-state index contributed by atoms with van der Waals surface area (Å²) in [5.74, 6) is -0.618. The van der Waals surface area contributed by atoms with Gasteiger partial charge in [0, 0.05) is 23.7 Å². The van der Waals surface area contributed by atoms with Crippen LogP contribution in [0.5, 0.6) is 0 Å². The molecule has 4 aromatic heterocycles. The van der Waals surface area contributed by atoms with Gasteiger partial charge in [0.25, 0.3) is 5.91 Å². The molecule has 168 valence electrons. The summed E-state index contributed by atoms with van der Waals surface area (Å²) in [6, 6.07) is 5.83. The van der Waals surface area contributed by atoms with Gasteiger partial charge in [0.1, 0.15) is 0 Å². The van der Waals surface area contributed by atoms with Crippen molar-refractivity contribution in [3.8, 4) is 10.6 Å². The molecule has 0 saturated carbocycles. The third-order valence-electron chi connectivity index (χ3n) is 4.74. The second-order valence-corrected chi connectivity index (χ2v) is 8.93. The van der Waals surface area contributed by atoms with Crippen molar-refractivity contribution >= 4 is 38.8 Å². The van der Waals surface area contributed by atoms with Crippen LogP contribution in [-0.2, 0) is 25.7 Å². The van der Waals surface area contributed by atoms with Gasteiger partial charge in [-0.05, 0) is 47.5 Å². The smallest absolute Gasteiger partial charge is 0.345 e. The number of fused-ring (bicyclic) bond motifs is 1. The van der Waals surface area contributed by atoms with Crippen LogP contribution in [0.25, 0.3) is 16.2 Å². The molecule has 0 atom stereocenters. The predicted molar refractivity (Wildman–Crippen MR) is 117 cm³/mol. The van der Waals surface area contributed by atoms with Crippen molar-refractivity contribution in [1.29, 1.82) is 0 Å². The lowest BCUT2D eigenvalue weighted by atomic mass is 10.2. The number of aryl methyl sites for hydroxylation is 2. The van der Waals surface area contributed by atoms with E-state index in [4.69, 9.17) is 0 Å². The van der Waals surface area contributed by atoms with Gasteiger partial charge in [0.2, 0.25) is 0 Å². The van der Waals surface area contributed by atoms with E-state index in [-0.39, 0.29) is 23.6 Å². The Labute approximate surface area is 193 Å². The third-order valence-corrected chi connectivity index (χ3v) is 6.65. The van der Waals surface area contributed by atoms with Crippen molar-refractivity contribution in [3.63, 3.8) is 0 Å². The van der Waals surface area contributed by atoms with Crippen molar-refractivity contribution in [1.82, 2.24) is 29.7 Å². The number of hydrogen-bond acceptors (Lipinski definition) is 5. The van der Waals surface area contributed by atoms with Crippen molar-refractivity contribution in [3.05, 3.63) is 56.9 Å². The van der Waals surface area contributed by atoms with Crippen LogP contribution in [0.15, 0.2) is 34.9 Å². The molecule has 4 heterocycles. The molecule has 0 bridgehead atoms. The Morgan fingerprint density at radius 3 is 2.62 bits per heavy atom. The van der Waals surface area contributed by atoms with E-state index < -0.39 is 17.8 Å². The zero-order valence-electron chi connectivity index (χ0n) is 17.1. The van der Waals surface area contributed by atoms with Crippen LogP contribution >= 0.6 is 27.3 Å². The minimum absolute atomic E-state index is 0.0529. The number of alkyl halides is 3. The number of amides is 1. The summed E-state index contributed by atoms with van der Waals surface area (Å²) in [4.78, 5) is 18.6. The molecule has 4 aromatic rings. The molecule has 0 aliphatic rings. The number of thiophene rings is 1. The summed E-state index contributed by atoms with van der Waals surface area (Å²) in [6.07, 6.45) is -2.11. The molecule has 0 fully saturated rings. The Morgan fingerprint density at radius 1 is 1.22 bits per heavy atom. The molecule has 0 aromatic carbocycles. The fraction of sp³-hybridized carbons (Fsp3) is 0.300. The van der Waals surface area contributed by atoms with Crippen LogP contribution < -0.4 is 5.32 Å². The van der Waals surface area contributed by atoms with Crippen molar-refractivity contribution in [2.45, 2.75) is 39.5 Å². The van der Waals surface area contributed by atoms with E-state index in [1.54, 1.807) is 16.9 Å². The molecular formula is C20H18BrF3N6OS. The zero-order valence-corrected chi connectivity index (χ0v) is 19.5. The highest BCUT2D eigenvalue weighted by atomic mass is 79.9. The quantitative estimate of drug-likeness (QED) is 0.385. The zero-order chi connectivity index (χ0) is 23.0. The number of nitrogens with one attached hydrogen (secondary N) is 1. The maximum atomic E-state index is 13.7. The summed E-state index contributed by atoms with van der Waals surface area (Å²) in [5, 5.41) is 10.8. The number of aromatic nitrogens is 5. The Balaban J connectivity index is 1.67. The summed E-state index contributed by atoms with van der Waals surface area (Å²) >= 11 is 4.76. The number of carbonyl (C=O) groups is 1. The predicted octanol–water partition coefficient (Wildman–Crippen LogP) is 4.95. The van der Waals surface area contributed by atoms with Gasteiger partial charge in [-0.3, -0.25) is 9.48 Å². The Morgan fingerprint density at radius 2 is 2.00 bits per heavy atom. The molecule has 0 aliphatic heterocycles. The average molecular weight is 527 g/mol. The number of halogens is 4. The van der Waals surface area contributed by atoms with E-state index in [0.717, 1.165) is 21.8 Å². The largest absolute Gasteiger partial charge is 0.433 e. The molecule has 12 heteroatoms. The summed E-state index contributed by atoms with van der Waals surface area (Å²) in [6.45, 7) is 4.66. The van der Waals surface area contributed by atoms with Gasteiger partial charge < -0.3 is 5.32 Å². The molecule has 0 unspecified atom stereocenters. The molecule has 1 amide bonds. The van der Waals surface area contributed by atoms with Crippen LogP contribution in [0, 0.1) is 0 Å². The maximum Gasteiger partial charge on any atom is 0.433 e. The summed E-state index contributed by atoms with van der Waals surface area (Å²) in [5.41, 5.74) is -0.415. The van der Waals surface area contributed by atoms with E-state index >= 15 is 0 Å². The van der Waals surface area contributed by atoms with Crippen LogP contribution in [0.2, 0.25) is 0 Å². The number of carbonyl (C=O) groups excluding carboxylic acids is 1. The standard InChI is InChI=1S/C20H18BrF3N6OS/c1-3-11-5-6-16(32-11)13-7-17(20(22,23)24)30-18(26-13)8-14(28-30)19(31)25-9-15-12(21)10-29(4-2)27-15/h5-8,10H,3-4,9H2,1-2H3,(H,25,31). The molecule has 0 spiro atoms. The summed E-state index contributed by atoms with van der Waals surface area (Å²) in [7, 11) is 0. The first-order valence-corrected chi connectivity index (χ1v) is 11.4. The minimum atomic E-state index is -4.67. The van der Waals surface area contributed by atoms with Crippen LogP contribution in [-0.4, -0.2) is 30.3 Å². The molecule has 7 nitrogen and oxygen atoms in total.